The van der Waals surface area contributed by atoms with E-state index in [2.05, 4.69) is 42.9 Å². The van der Waals surface area contributed by atoms with Crippen LogP contribution < -0.4 is 4.90 Å². The molecule has 0 saturated carbocycles. The summed E-state index contributed by atoms with van der Waals surface area (Å²) in [6.07, 6.45) is 5.28. The third-order valence-corrected chi connectivity index (χ3v) is 2.15. The van der Waals surface area contributed by atoms with Crippen molar-refractivity contribution < 1.29 is 0 Å². The molecule has 0 spiro atoms. The highest BCUT2D eigenvalue weighted by molar-refractivity contribution is 5.58. The van der Waals surface area contributed by atoms with Gasteiger partial charge in [-0.2, -0.15) is 0 Å². The first-order valence-corrected chi connectivity index (χ1v) is 4.37. The van der Waals surface area contributed by atoms with Crippen molar-refractivity contribution in [1.82, 2.24) is 0 Å². The highest BCUT2D eigenvalue weighted by atomic mass is 15.1. The first-order valence-electron chi connectivity index (χ1n) is 4.37. The quantitative estimate of drug-likeness (QED) is 0.621. The molecule has 1 heteroatoms. The van der Waals surface area contributed by atoms with Gasteiger partial charge in [0.1, 0.15) is 0 Å². The summed E-state index contributed by atoms with van der Waals surface area (Å²) in [6.45, 7) is 4.87. The Labute approximate surface area is 80.4 Å². The highest BCUT2D eigenvalue weighted by Crippen LogP contribution is 2.22. The lowest BCUT2D eigenvalue weighted by Gasteiger charge is -2.20. The van der Waals surface area contributed by atoms with Crippen molar-refractivity contribution >= 4 is 5.69 Å². The standard InChI is InChI=1S/C12H15N/c1-5-9-13(4)12-10(2)7-6-8-11(12)3/h1,6-8H,9H2,2-4H3. The van der Waals surface area contributed by atoms with Crippen molar-refractivity contribution in [2.75, 3.05) is 18.5 Å². The molecule has 0 amide bonds. The van der Waals surface area contributed by atoms with E-state index >= 15 is 0 Å². The Morgan fingerprint density at radius 3 is 2.31 bits per heavy atom. The summed E-state index contributed by atoms with van der Waals surface area (Å²) in [5, 5.41) is 0. The highest BCUT2D eigenvalue weighted by Gasteiger charge is 2.05. The molecule has 0 saturated heterocycles. The van der Waals surface area contributed by atoms with Crippen molar-refractivity contribution in [3.8, 4) is 12.3 Å². The van der Waals surface area contributed by atoms with Crippen molar-refractivity contribution in [2.24, 2.45) is 0 Å². The minimum absolute atomic E-state index is 0.658. The molecular weight excluding hydrogens is 158 g/mol. The zero-order chi connectivity index (χ0) is 9.84. The number of benzene rings is 1. The maximum atomic E-state index is 5.28. The molecule has 0 aromatic heterocycles. The van der Waals surface area contributed by atoms with Crippen LogP contribution in [0.15, 0.2) is 18.2 Å². The van der Waals surface area contributed by atoms with Crippen LogP contribution >= 0.6 is 0 Å². The summed E-state index contributed by atoms with van der Waals surface area (Å²) in [5.74, 6) is 2.65. The zero-order valence-electron chi connectivity index (χ0n) is 8.46. The molecule has 0 bridgehead atoms. The van der Waals surface area contributed by atoms with Crippen LogP contribution in [0.5, 0.6) is 0 Å². The van der Waals surface area contributed by atoms with Gasteiger partial charge in [-0.05, 0) is 25.0 Å². The van der Waals surface area contributed by atoms with Gasteiger partial charge in [-0.25, -0.2) is 0 Å². The van der Waals surface area contributed by atoms with Gasteiger partial charge in [0.25, 0.3) is 0 Å². The van der Waals surface area contributed by atoms with Gasteiger partial charge in [0.15, 0.2) is 0 Å². The molecule has 0 N–H and O–H groups in total. The van der Waals surface area contributed by atoms with Gasteiger partial charge >= 0.3 is 0 Å². The van der Waals surface area contributed by atoms with Crippen LogP contribution in [0, 0.1) is 26.2 Å². The van der Waals surface area contributed by atoms with Crippen molar-refractivity contribution in [3.63, 3.8) is 0 Å². The molecule has 1 aromatic carbocycles. The van der Waals surface area contributed by atoms with Crippen molar-refractivity contribution in [1.29, 1.82) is 0 Å². The Hall–Kier alpha value is -1.42. The Kier molecular flexibility index (Phi) is 2.97. The first-order chi connectivity index (χ1) is 6.16. The predicted octanol–water partition coefficient (Wildman–Crippen LogP) is 2.37. The van der Waals surface area contributed by atoms with Crippen molar-refractivity contribution in [2.45, 2.75) is 13.8 Å². The maximum absolute atomic E-state index is 5.28. The Balaban J connectivity index is 3.06. The molecule has 1 aromatic rings. The van der Waals surface area contributed by atoms with Crippen LogP contribution in [0.2, 0.25) is 0 Å². The number of hydrogen-bond donors (Lipinski definition) is 0. The van der Waals surface area contributed by atoms with E-state index in [4.69, 9.17) is 6.42 Å². The van der Waals surface area contributed by atoms with Gasteiger partial charge in [-0.3, -0.25) is 0 Å². The molecule has 1 rings (SSSR count). The number of nitrogens with zero attached hydrogens (tertiary/aromatic N) is 1. The number of terminal acetylenes is 1. The fourth-order valence-corrected chi connectivity index (χ4v) is 1.62. The average Bonchev–Trinajstić information content (AvgIpc) is 2.04. The molecule has 0 aliphatic carbocycles. The van der Waals surface area contributed by atoms with E-state index < -0.39 is 0 Å². The monoisotopic (exact) mass is 173 g/mol. The van der Waals surface area contributed by atoms with E-state index in [0.717, 1.165) is 0 Å². The van der Waals surface area contributed by atoms with Crippen LogP contribution in [-0.2, 0) is 0 Å². The maximum Gasteiger partial charge on any atom is 0.0788 e. The minimum atomic E-state index is 0.658. The molecule has 0 radical (unpaired) electrons. The first kappa shape index (κ1) is 9.67. The number of para-hydroxylation sites is 1. The number of anilines is 1. The van der Waals surface area contributed by atoms with E-state index in [1.54, 1.807) is 0 Å². The number of hydrogen-bond acceptors (Lipinski definition) is 1. The molecule has 0 fully saturated rings. The number of aryl methyl sites for hydroxylation is 2. The average molecular weight is 173 g/mol. The lowest BCUT2D eigenvalue weighted by Crippen LogP contribution is -2.19. The van der Waals surface area contributed by atoms with Crippen LogP contribution in [0.4, 0.5) is 5.69 Å². The number of rotatable bonds is 2. The summed E-state index contributed by atoms with van der Waals surface area (Å²) in [6, 6.07) is 6.28. The van der Waals surface area contributed by atoms with E-state index in [9.17, 15) is 0 Å². The second kappa shape index (κ2) is 4.00. The second-order valence-corrected chi connectivity index (χ2v) is 3.30. The van der Waals surface area contributed by atoms with Gasteiger partial charge in [0, 0.05) is 12.7 Å². The zero-order valence-corrected chi connectivity index (χ0v) is 8.46. The normalized spacial score (nSPS) is 9.38. The topological polar surface area (TPSA) is 3.24 Å². The third kappa shape index (κ3) is 2.03. The van der Waals surface area contributed by atoms with E-state index in [-0.39, 0.29) is 0 Å². The Morgan fingerprint density at radius 2 is 1.85 bits per heavy atom. The molecular formula is C12H15N. The van der Waals surface area contributed by atoms with E-state index in [1.165, 1.54) is 16.8 Å². The molecule has 0 atom stereocenters. The lowest BCUT2D eigenvalue weighted by atomic mass is 10.1. The van der Waals surface area contributed by atoms with Crippen LogP contribution in [0.25, 0.3) is 0 Å². The molecule has 0 unspecified atom stereocenters. The molecule has 1 nitrogen and oxygen atoms in total. The van der Waals surface area contributed by atoms with Crippen molar-refractivity contribution in [3.05, 3.63) is 29.3 Å². The van der Waals surface area contributed by atoms with E-state index in [0.29, 0.717) is 6.54 Å². The fourth-order valence-electron chi connectivity index (χ4n) is 1.62. The van der Waals surface area contributed by atoms with Gasteiger partial charge in [-0.1, -0.05) is 24.1 Å². The van der Waals surface area contributed by atoms with E-state index in [1.807, 2.05) is 7.05 Å². The SMILES string of the molecule is C#CCN(C)c1c(C)cccc1C. The van der Waals surface area contributed by atoms with Crippen LogP contribution in [0.1, 0.15) is 11.1 Å². The second-order valence-electron chi connectivity index (χ2n) is 3.30. The Bertz CT molecular complexity index is 313. The summed E-state index contributed by atoms with van der Waals surface area (Å²) >= 11 is 0. The van der Waals surface area contributed by atoms with Gasteiger partial charge in [0.05, 0.1) is 6.54 Å². The molecule has 0 aliphatic rings. The lowest BCUT2D eigenvalue weighted by molar-refractivity contribution is 1.03. The molecule has 13 heavy (non-hydrogen) atoms. The molecule has 0 aliphatic heterocycles. The Morgan fingerprint density at radius 1 is 1.31 bits per heavy atom. The van der Waals surface area contributed by atoms with Crippen LogP contribution in [0.3, 0.4) is 0 Å². The smallest absolute Gasteiger partial charge is 0.0788 e. The van der Waals surface area contributed by atoms with Gasteiger partial charge < -0.3 is 4.90 Å². The van der Waals surface area contributed by atoms with Crippen LogP contribution in [-0.4, -0.2) is 13.6 Å². The fraction of sp³-hybridized carbons (Fsp3) is 0.333. The third-order valence-electron chi connectivity index (χ3n) is 2.15. The minimum Gasteiger partial charge on any atom is -0.363 e. The molecule has 68 valence electrons. The van der Waals surface area contributed by atoms with Gasteiger partial charge in [-0.15, -0.1) is 6.42 Å². The summed E-state index contributed by atoms with van der Waals surface area (Å²) in [4.78, 5) is 2.10. The summed E-state index contributed by atoms with van der Waals surface area (Å²) in [5.41, 5.74) is 3.80. The predicted molar refractivity (Wildman–Crippen MR) is 58.0 cm³/mol. The molecule has 0 heterocycles. The van der Waals surface area contributed by atoms with Gasteiger partial charge in [0.2, 0.25) is 0 Å². The summed E-state index contributed by atoms with van der Waals surface area (Å²) < 4.78 is 0. The largest absolute Gasteiger partial charge is 0.363 e. The summed E-state index contributed by atoms with van der Waals surface area (Å²) in [7, 11) is 2.02.